The zero-order chi connectivity index (χ0) is 19.6. The molecule has 1 aliphatic rings. The van der Waals surface area contributed by atoms with E-state index in [4.69, 9.17) is 0 Å². The molecule has 1 saturated carbocycles. The molecule has 0 radical (unpaired) electrons. The molecule has 6 nitrogen and oxygen atoms in total. The lowest BCUT2D eigenvalue weighted by molar-refractivity contribution is -0.116. The summed E-state index contributed by atoms with van der Waals surface area (Å²) in [4.78, 5) is 26.6. The molecule has 144 valence electrons. The van der Waals surface area contributed by atoms with Crippen molar-refractivity contribution in [2.45, 2.75) is 50.5 Å². The van der Waals surface area contributed by atoms with Crippen LogP contribution in [-0.4, -0.2) is 26.2 Å². The van der Waals surface area contributed by atoms with Gasteiger partial charge in [0.2, 0.25) is 15.9 Å². The van der Waals surface area contributed by atoms with Gasteiger partial charge in [0.15, 0.2) is 5.78 Å². The SMILES string of the molecule is Cc1cc(C(=O)CCC(=O)Nc2cccc(S(=O)(=O)NC3CC3)c2)c(C)s1. The highest BCUT2D eigenvalue weighted by Gasteiger charge is 2.28. The predicted molar refractivity (Wildman–Crippen MR) is 106 cm³/mol. The molecule has 2 N–H and O–H groups in total. The van der Waals surface area contributed by atoms with E-state index in [1.165, 1.54) is 12.1 Å². The molecular weight excluding hydrogens is 384 g/mol. The number of nitrogens with one attached hydrogen (secondary N) is 2. The second kappa shape index (κ2) is 7.92. The molecule has 1 aliphatic carbocycles. The van der Waals surface area contributed by atoms with Gasteiger partial charge >= 0.3 is 0 Å². The molecule has 0 aliphatic heterocycles. The third kappa shape index (κ3) is 5.24. The Morgan fingerprint density at radius 2 is 1.89 bits per heavy atom. The molecule has 0 bridgehead atoms. The maximum Gasteiger partial charge on any atom is 0.240 e. The fourth-order valence-corrected chi connectivity index (χ4v) is 5.02. The molecule has 0 atom stereocenters. The van der Waals surface area contributed by atoms with Crippen LogP contribution >= 0.6 is 11.3 Å². The van der Waals surface area contributed by atoms with Gasteiger partial charge in [0, 0.05) is 39.9 Å². The molecule has 1 amide bonds. The van der Waals surface area contributed by atoms with E-state index in [0.717, 1.165) is 22.6 Å². The van der Waals surface area contributed by atoms with Crippen LogP contribution in [0.2, 0.25) is 0 Å². The molecular formula is C19H22N2O4S2. The monoisotopic (exact) mass is 406 g/mol. The molecule has 0 unspecified atom stereocenters. The van der Waals surface area contributed by atoms with Crippen molar-refractivity contribution in [2.24, 2.45) is 0 Å². The van der Waals surface area contributed by atoms with Crippen molar-refractivity contribution in [2.75, 3.05) is 5.32 Å². The van der Waals surface area contributed by atoms with E-state index < -0.39 is 10.0 Å². The Bertz CT molecular complexity index is 975. The number of sulfonamides is 1. The topological polar surface area (TPSA) is 92.3 Å². The highest BCUT2D eigenvalue weighted by Crippen LogP contribution is 2.24. The molecule has 0 saturated heterocycles. The summed E-state index contributed by atoms with van der Waals surface area (Å²) in [6.45, 7) is 3.84. The molecule has 1 aromatic heterocycles. The summed E-state index contributed by atoms with van der Waals surface area (Å²) in [5.41, 5.74) is 1.07. The number of benzene rings is 1. The number of aryl methyl sites for hydroxylation is 2. The van der Waals surface area contributed by atoms with Crippen LogP contribution in [-0.2, 0) is 14.8 Å². The van der Waals surface area contributed by atoms with Gasteiger partial charge < -0.3 is 5.32 Å². The first-order valence-corrected chi connectivity index (χ1v) is 11.1. The molecule has 1 fully saturated rings. The maximum absolute atomic E-state index is 12.3. The highest BCUT2D eigenvalue weighted by molar-refractivity contribution is 7.89. The third-order valence-corrected chi connectivity index (χ3v) is 6.73. The minimum atomic E-state index is -3.57. The quantitative estimate of drug-likeness (QED) is 0.657. The number of amides is 1. The van der Waals surface area contributed by atoms with Crippen molar-refractivity contribution in [1.82, 2.24) is 4.72 Å². The van der Waals surface area contributed by atoms with Gasteiger partial charge in [-0.2, -0.15) is 0 Å². The van der Waals surface area contributed by atoms with Crippen LogP contribution in [0.15, 0.2) is 35.2 Å². The van der Waals surface area contributed by atoms with Crippen molar-refractivity contribution in [1.29, 1.82) is 0 Å². The standard InChI is InChI=1S/C19H22N2O4S2/c1-12-10-17(13(2)26-12)18(22)8-9-19(23)20-15-4-3-5-16(11-15)27(24,25)21-14-6-7-14/h3-5,10-11,14,21H,6-9H2,1-2H3,(H,20,23). The number of Topliss-reactive ketones (excluding diaryl/α,β-unsaturated/α-hetero) is 1. The number of hydrogen-bond donors (Lipinski definition) is 2. The summed E-state index contributed by atoms with van der Waals surface area (Å²) in [5, 5.41) is 2.67. The van der Waals surface area contributed by atoms with Crippen LogP contribution in [0.25, 0.3) is 0 Å². The second-order valence-corrected chi connectivity index (χ2v) is 9.90. The smallest absolute Gasteiger partial charge is 0.240 e. The van der Waals surface area contributed by atoms with Crippen molar-refractivity contribution >= 4 is 38.7 Å². The number of carbonyl (C=O) groups excluding carboxylic acids is 2. The Morgan fingerprint density at radius 3 is 2.52 bits per heavy atom. The van der Waals surface area contributed by atoms with E-state index in [-0.39, 0.29) is 35.5 Å². The second-order valence-electron chi connectivity index (χ2n) is 6.72. The lowest BCUT2D eigenvalue weighted by Gasteiger charge is -2.09. The lowest BCUT2D eigenvalue weighted by atomic mass is 10.1. The highest BCUT2D eigenvalue weighted by atomic mass is 32.2. The number of ketones is 1. The summed E-state index contributed by atoms with van der Waals surface area (Å²) in [5.74, 6) is -0.380. The van der Waals surface area contributed by atoms with E-state index in [1.807, 2.05) is 19.9 Å². The number of hydrogen-bond acceptors (Lipinski definition) is 5. The molecule has 1 aromatic carbocycles. The van der Waals surface area contributed by atoms with E-state index in [0.29, 0.717) is 11.3 Å². The minimum Gasteiger partial charge on any atom is -0.326 e. The number of thiophene rings is 1. The average Bonchev–Trinajstić information content (AvgIpc) is 3.34. The molecule has 27 heavy (non-hydrogen) atoms. The Labute approximate surface area is 163 Å². The lowest BCUT2D eigenvalue weighted by Crippen LogP contribution is -2.25. The Hall–Kier alpha value is -2.03. The minimum absolute atomic E-state index is 0.0171. The van der Waals surface area contributed by atoms with Gasteiger partial charge in [-0.3, -0.25) is 9.59 Å². The first-order chi connectivity index (χ1) is 12.7. The van der Waals surface area contributed by atoms with Gasteiger partial charge in [-0.1, -0.05) is 6.07 Å². The van der Waals surface area contributed by atoms with Gasteiger partial charge in [0.25, 0.3) is 0 Å². The van der Waals surface area contributed by atoms with Crippen molar-refractivity contribution in [3.05, 3.63) is 45.6 Å². The van der Waals surface area contributed by atoms with Gasteiger partial charge in [-0.25, -0.2) is 13.1 Å². The van der Waals surface area contributed by atoms with E-state index in [2.05, 4.69) is 10.0 Å². The van der Waals surface area contributed by atoms with Crippen LogP contribution in [0.5, 0.6) is 0 Å². The summed E-state index contributed by atoms with van der Waals surface area (Å²) >= 11 is 1.56. The molecule has 1 heterocycles. The maximum atomic E-state index is 12.3. The predicted octanol–water partition coefficient (Wildman–Crippen LogP) is 3.41. The Balaban J connectivity index is 1.58. The fraction of sp³-hybridized carbons (Fsp3) is 0.368. The van der Waals surface area contributed by atoms with Crippen LogP contribution in [0.1, 0.15) is 45.8 Å². The van der Waals surface area contributed by atoms with Gasteiger partial charge in [0.05, 0.1) is 4.90 Å². The van der Waals surface area contributed by atoms with Crippen LogP contribution in [0.4, 0.5) is 5.69 Å². The van der Waals surface area contributed by atoms with E-state index in [1.54, 1.807) is 23.5 Å². The first kappa shape index (κ1) is 19.7. The molecule has 2 aromatic rings. The van der Waals surface area contributed by atoms with Gasteiger partial charge in [-0.05, 0) is 51.0 Å². The van der Waals surface area contributed by atoms with E-state index >= 15 is 0 Å². The summed E-state index contributed by atoms with van der Waals surface area (Å²) in [6.07, 6.45) is 1.87. The third-order valence-electron chi connectivity index (χ3n) is 4.25. The van der Waals surface area contributed by atoms with Crippen molar-refractivity contribution in [3.8, 4) is 0 Å². The largest absolute Gasteiger partial charge is 0.326 e. The van der Waals surface area contributed by atoms with Gasteiger partial charge in [-0.15, -0.1) is 11.3 Å². The van der Waals surface area contributed by atoms with Crippen LogP contribution < -0.4 is 10.0 Å². The van der Waals surface area contributed by atoms with E-state index in [9.17, 15) is 18.0 Å². The van der Waals surface area contributed by atoms with Crippen molar-refractivity contribution < 1.29 is 18.0 Å². The number of carbonyl (C=O) groups is 2. The van der Waals surface area contributed by atoms with Crippen LogP contribution in [0.3, 0.4) is 0 Å². The van der Waals surface area contributed by atoms with Gasteiger partial charge in [0.1, 0.15) is 0 Å². The normalized spacial score (nSPS) is 14.1. The Morgan fingerprint density at radius 1 is 1.15 bits per heavy atom. The Kier molecular flexibility index (Phi) is 5.78. The molecule has 0 spiro atoms. The summed E-state index contributed by atoms with van der Waals surface area (Å²) in [7, 11) is -3.57. The summed E-state index contributed by atoms with van der Waals surface area (Å²) < 4.78 is 27.1. The summed E-state index contributed by atoms with van der Waals surface area (Å²) in [6, 6.07) is 8.00. The zero-order valence-corrected chi connectivity index (χ0v) is 16.9. The first-order valence-electron chi connectivity index (χ1n) is 8.77. The molecule has 8 heteroatoms. The number of anilines is 1. The zero-order valence-electron chi connectivity index (χ0n) is 15.2. The fourth-order valence-electron chi connectivity index (χ4n) is 2.72. The number of rotatable bonds is 8. The molecule has 3 rings (SSSR count). The average molecular weight is 407 g/mol. The van der Waals surface area contributed by atoms with Crippen LogP contribution in [0, 0.1) is 13.8 Å². The van der Waals surface area contributed by atoms with Crippen molar-refractivity contribution in [3.63, 3.8) is 0 Å².